The predicted molar refractivity (Wildman–Crippen MR) is 157 cm³/mol. The van der Waals surface area contributed by atoms with Crippen molar-refractivity contribution in [3.63, 3.8) is 0 Å². The molecule has 1 amide bonds. The second-order valence-electron chi connectivity index (χ2n) is 8.53. The van der Waals surface area contributed by atoms with Gasteiger partial charge in [0.15, 0.2) is 0 Å². The number of hydrogen-bond acceptors (Lipinski definition) is 3. The van der Waals surface area contributed by atoms with Gasteiger partial charge in [0.2, 0.25) is 0 Å². The van der Waals surface area contributed by atoms with E-state index < -0.39 is 0 Å². The van der Waals surface area contributed by atoms with Crippen molar-refractivity contribution in [3.8, 4) is 12.8 Å². The summed E-state index contributed by atoms with van der Waals surface area (Å²) in [6.45, 7) is 18.0. The molecule has 4 nitrogen and oxygen atoms in total. The minimum Gasteiger partial charge on any atom is -0.326 e. The van der Waals surface area contributed by atoms with Crippen LogP contribution in [0, 0.1) is 35.9 Å². The maximum Gasteiger partial charge on any atom is 0.255 e. The highest BCUT2D eigenvalue weighted by Crippen LogP contribution is 2.28. The molecule has 37 heavy (non-hydrogen) atoms. The van der Waals surface area contributed by atoms with Gasteiger partial charge in [0.1, 0.15) is 5.82 Å². The Bertz CT molecular complexity index is 1030. The van der Waals surface area contributed by atoms with Crippen LogP contribution in [0.15, 0.2) is 83.1 Å². The zero-order valence-corrected chi connectivity index (χ0v) is 23.3. The number of carbonyl (C=O) groups excluding carboxylic acids is 1. The standard InChI is InChI=1S/C28H36FN3O.C2H6.C2H2/c1-6-22(7-2)24(16-20(4)32-28(33)23-10-12-26(29)13-11-23)8-9-25(17-30)27-18-31-15-14-19(3)21(27)5;2*1-2/h6-8,10-13,16-17,19,21,30-31H,1,9,14-15,18H2,2-5H3,(H,32,33);1-2H3;1-2H/b20-16+,22-7-,24-8-,27-25-,30-17?;;. The molecule has 0 radical (unpaired) electrons. The van der Waals surface area contributed by atoms with E-state index >= 15 is 0 Å². The predicted octanol–water partition coefficient (Wildman–Crippen LogP) is 7.40. The molecule has 1 fully saturated rings. The highest BCUT2D eigenvalue weighted by atomic mass is 19.1. The first-order valence-corrected chi connectivity index (χ1v) is 12.8. The van der Waals surface area contributed by atoms with E-state index in [1.165, 1.54) is 36.1 Å². The summed E-state index contributed by atoms with van der Waals surface area (Å²) in [6, 6.07) is 5.46. The van der Waals surface area contributed by atoms with E-state index in [1.807, 2.05) is 39.8 Å². The molecule has 2 unspecified atom stereocenters. The molecule has 1 aliphatic heterocycles. The number of allylic oxidation sites excluding steroid dienone is 8. The number of amides is 1. The van der Waals surface area contributed by atoms with Crippen molar-refractivity contribution in [2.45, 2.75) is 54.4 Å². The summed E-state index contributed by atoms with van der Waals surface area (Å²) in [5.41, 5.74) is 5.23. The van der Waals surface area contributed by atoms with Crippen LogP contribution in [0.5, 0.6) is 0 Å². The van der Waals surface area contributed by atoms with Crippen LogP contribution in [-0.4, -0.2) is 25.2 Å². The number of benzene rings is 1. The molecule has 0 spiro atoms. The molecule has 2 atom stereocenters. The molecular weight excluding hydrogens is 461 g/mol. The second-order valence-corrected chi connectivity index (χ2v) is 8.53. The number of halogens is 1. The van der Waals surface area contributed by atoms with Gasteiger partial charge in [0, 0.05) is 24.0 Å². The fourth-order valence-corrected chi connectivity index (χ4v) is 4.00. The molecule has 1 heterocycles. The summed E-state index contributed by atoms with van der Waals surface area (Å²) in [5, 5.41) is 14.4. The van der Waals surface area contributed by atoms with Crippen LogP contribution in [0.3, 0.4) is 0 Å². The van der Waals surface area contributed by atoms with E-state index in [-0.39, 0.29) is 11.7 Å². The van der Waals surface area contributed by atoms with Gasteiger partial charge in [-0.2, -0.15) is 0 Å². The normalized spacial score (nSPS) is 19.6. The first-order chi connectivity index (χ1) is 17.8. The Hall–Kier alpha value is -3.49. The minimum atomic E-state index is -0.378. The average Bonchev–Trinajstić information content (AvgIpc) is 3.08. The largest absolute Gasteiger partial charge is 0.326 e. The van der Waals surface area contributed by atoms with Crippen molar-refractivity contribution in [1.82, 2.24) is 10.6 Å². The zero-order valence-electron chi connectivity index (χ0n) is 23.3. The van der Waals surface area contributed by atoms with Crippen LogP contribution in [0.2, 0.25) is 0 Å². The number of carbonyl (C=O) groups is 1. The molecule has 200 valence electrons. The summed E-state index contributed by atoms with van der Waals surface area (Å²) in [4.78, 5) is 12.5. The number of terminal acetylenes is 1. The highest BCUT2D eigenvalue weighted by molar-refractivity contribution is 5.95. The first kappa shape index (κ1) is 33.5. The van der Waals surface area contributed by atoms with Crippen LogP contribution in [0.4, 0.5) is 4.39 Å². The van der Waals surface area contributed by atoms with Gasteiger partial charge in [-0.15, -0.1) is 12.8 Å². The van der Waals surface area contributed by atoms with Gasteiger partial charge in [-0.3, -0.25) is 4.79 Å². The molecule has 5 heteroatoms. The van der Waals surface area contributed by atoms with Crippen molar-refractivity contribution in [1.29, 1.82) is 5.41 Å². The van der Waals surface area contributed by atoms with E-state index in [4.69, 9.17) is 5.41 Å². The quantitative estimate of drug-likeness (QED) is 0.196. The molecule has 1 aromatic rings. The van der Waals surface area contributed by atoms with E-state index in [0.717, 1.165) is 36.2 Å². The Morgan fingerprint density at radius 1 is 1.22 bits per heavy atom. The van der Waals surface area contributed by atoms with Crippen molar-refractivity contribution in [2.75, 3.05) is 13.1 Å². The maximum atomic E-state index is 13.1. The van der Waals surface area contributed by atoms with Crippen LogP contribution in [0.25, 0.3) is 0 Å². The Kier molecular flexibility index (Phi) is 17.0. The third-order valence-electron chi connectivity index (χ3n) is 6.28. The fraction of sp³-hybridized carbons (Fsp3) is 0.375. The Morgan fingerprint density at radius 2 is 1.84 bits per heavy atom. The molecule has 0 saturated carbocycles. The van der Waals surface area contributed by atoms with Crippen molar-refractivity contribution >= 4 is 12.1 Å². The highest BCUT2D eigenvalue weighted by Gasteiger charge is 2.21. The van der Waals surface area contributed by atoms with Crippen LogP contribution >= 0.6 is 0 Å². The Balaban J connectivity index is 0.00000308. The molecule has 3 N–H and O–H groups in total. The summed E-state index contributed by atoms with van der Waals surface area (Å²) in [5.74, 6) is 0.313. The lowest BCUT2D eigenvalue weighted by atomic mass is 9.84. The van der Waals surface area contributed by atoms with Crippen LogP contribution in [-0.2, 0) is 0 Å². The van der Waals surface area contributed by atoms with Crippen LogP contribution < -0.4 is 10.6 Å². The molecular formula is C32H44FN3O. The molecule has 1 aliphatic rings. The molecule has 0 aromatic heterocycles. The lowest BCUT2D eigenvalue weighted by Gasteiger charge is -2.21. The summed E-state index contributed by atoms with van der Waals surface area (Å²) in [6.07, 6.45) is 19.0. The van der Waals surface area contributed by atoms with E-state index in [9.17, 15) is 9.18 Å². The minimum absolute atomic E-state index is 0.293. The lowest BCUT2D eigenvalue weighted by molar-refractivity contribution is 0.0966. The maximum absolute atomic E-state index is 13.1. The van der Waals surface area contributed by atoms with E-state index in [0.29, 0.717) is 29.5 Å². The van der Waals surface area contributed by atoms with E-state index in [1.54, 1.807) is 6.08 Å². The van der Waals surface area contributed by atoms with Gasteiger partial charge in [0.05, 0.1) is 0 Å². The Morgan fingerprint density at radius 3 is 2.38 bits per heavy atom. The number of hydrogen-bond donors (Lipinski definition) is 3. The molecule has 1 saturated heterocycles. The van der Waals surface area contributed by atoms with E-state index in [2.05, 4.69) is 50.0 Å². The van der Waals surface area contributed by atoms with Crippen LogP contribution in [0.1, 0.15) is 64.7 Å². The SMILES string of the molecule is C#C.C=CC(=C/C)/C(=C\C/C(C=N)=C1\CNCCC(C)C1C)/C=C(\C)NC(=O)c1ccc(F)cc1.CC. The lowest BCUT2D eigenvalue weighted by Crippen LogP contribution is -2.21. The number of rotatable bonds is 8. The summed E-state index contributed by atoms with van der Waals surface area (Å²) < 4.78 is 13.1. The van der Waals surface area contributed by atoms with Crippen molar-refractivity contribution < 1.29 is 9.18 Å². The van der Waals surface area contributed by atoms with Gasteiger partial charge in [-0.05, 0) is 97.7 Å². The third kappa shape index (κ3) is 11.0. The van der Waals surface area contributed by atoms with Gasteiger partial charge >= 0.3 is 0 Å². The van der Waals surface area contributed by atoms with Crippen molar-refractivity contribution in [3.05, 3.63) is 94.5 Å². The molecule has 1 aromatic carbocycles. The molecule has 2 rings (SSSR count). The van der Waals surface area contributed by atoms with Crippen molar-refractivity contribution in [2.24, 2.45) is 11.8 Å². The molecule has 0 bridgehead atoms. The third-order valence-corrected chi connectivity index (χ3v) is 6.28. The number of nitrogens with one attached hydrogen (secondary N) is 3. The smallest absolute Gasteiger partial charge is 0.255 e. The summed E-state index contributed by atoms with van der Waals surface area (Å²) >= 11 is 0. The Labute approximate surface area is 224 Å². The zero-order chi connectivity index (χ0) is 28.4. The topological polar surface area (TPSA) is 65.0 Å². The monoisotopic (exact) mass is 505 g/mol. The average molecular weight is 506 g/mol. The molecule has 0 aliphatic carbocycles. The van der Waals surface area contributed by atoms with Gasteiger partial charge in [-0.1, -0.05) is 52.5 Å². The van der Waals surface area contributed by atoms with Gasteiger partial charge in [-0.25, -0.2) is 4.39 Å². The van der Waals surface area contributed by atoms with Gasteiger partial charge in [0.25, 0.3) is 5.91 Å². The second kappa shape index (κ2) is 18.7. The van der Waals surface area contributed by atoms with Gasteiger partial charge < -0.3 is 16.0 Å². The first-order valence-electron chi connectivity index (χ1n) is 12.8. The fourth-order valence-electron chi connectivity index (χ4n) is 4.00. The summed E-state index contributed by atoms with van der Waals surface area (Å²) in [7, 11) is 0.